The monoisotopic (exact) mass is 394 g/mol. The van der Waals surface area contributed by atoms with Gasteiger partial charge in [-0.25, -0.2) is 0 Å². The fourth-order valence-corrected chi connectivity index (χ4v) is 4.26. The van der Waals surface area contributed by atoms with Crippen molar-refractivity contribution in [2.75, 3.05) is 31.6 Å². The molecular weight excluding hydrogens is 368 g/mol. The third kappa shape index (κ3) is 3.85. The molecule has 1 aliphatic heterocycles. The summed E-state index contributed by atoms with van der Waals surface area (Å²) < 4.78 is 5.33. The van der Waals surface area contributed by atoms with Crippen LogP contribution in [0, 0.1) is 6.92 Å². The smallest absolute Gasteiger partial charge is 0.254 e. The molecule has 0 spiro atoms. The van der Waals surface area contributed by atoms with Gasteiger partial charge in [-0.3, -0.25) is 9.59 Å². The number of hydrogen-bond acceptors (Lipinski definition) is 4. The van der Waals surface area contributed by atoms with Crippen LogP contribution in [0.25, 0.3) is 0 Å². The fraction of sp³-hybridized carbons (Fsp3) is 0.391. The van der Waals surface area contributed by atoms with Crippen LogP contribution in [0.1, 0.15) is 45.8 Å². The van der Waals surface area contributed by atoms with Gasteiger partial charge in [-0.2, -0.15) is 0 Å². The Labute approximate surface area is 170 Å². The highest BCUT2D eigenvalue weighted by Gasteiger charge is 2.29. The Bertz CT molecular complexity index is 934. The lowest BCUT2D eigenvalue weighted by Gasteiger charge is -2.28. The number of benzene rings is 2. The topological polar surface area (TPSA) is 78.9 Å². The number of fused-ring (bicyclic) bond motifs is 1. The Balaban J connectivity index is 1.55. The molecule has 1 saturated heterocycles. The Morgan fingerprint density at radius 3 is 2.69 bits per heavy atom. The lowest BCUT2D eigenvalue weighted by molar-refractivity contribution is -0.117. The van der Waals surface area contributed by atoms with E-state index >= 15 is 0 Å². The summed E-state index contributed by atoms with van der Waals surface area (Å²) in [5, 5.41) is 13.2. The first kappa shape index (κ1) is 19.5. The van der Waals surface area contributed by atoms with Crippen LogP contribution in [0.2, 0.25) is 0 Å². The lowest BCUT2D eigenvalue weighted by Crippen LogP contribution is -2.41. The molecule has 1 unspecified atom stereocenters. The van der Waals surface area contributed by atoms with E-state index in [4.69, 9.17) is 4.74 Å². The normalized spacial score (nSPS) is 18.8. The zero-order valence-corrected chi connectivity index (χ0v) is 16.6. The Morgan fingerprint density at radius 1 is 1.14 bits per heavy atom. The maximum atomic E-state index is 13.1. The number of anilines is 1. The average Bonchev–Trinajstić information content (AvgIpc) is 2.75. The van der Waals surface area contributed by atoms with Crippen LogP contribution < -0.4 is 5.32 Å². The first-order valence-electron chi connectivity index (χ1n) is 10.1. The van der Waals surface area contributed by atoms with Gasteiger partial charge in [-0.15, -0.1) is 0 Å². The predicted octanol–water partition coefficient (Wildman–Crippen LogP) is 3.23. The summed E-state index contributed by atoms with van der Waals surface area (Å²) >= 11 is 0. The molecule has 29 heavy (non-hydrogen) atoms. The number of ether oxygens (including phenoxy) is 1. The summed E-state index contributed by atoms with van der Waals surface area (Å²) in [6.45, 7) is 4.13. The van der Waals surface area contributed by atoms with E-state index in [1.54, 1.807) is 29.2 Å². The summed E-state index contributed by atoms with van der Waals surface area (Å²) in [5.41, 5.74) is 3.79. The van der Waals surface area contributed by atoms with E-state index in [0.29, 0.717) is 37.6 Å². The van der Waals surface area contributed by atoms with Crippen molar-refractivity contribution in [1.82, 2.24) is 4.90 Å². The number of rotatable bonds is 3. The molecular formula is C23H26N2O4. The Morgan fingerprint density at radius 2 is 1.90 bits per heavy atom. The van der Waals surface area contributed by atoms with Crippen molar-refractivity contribution in [2.45, 2.75) is 32.1 Å². The minimum Gasteiger partial charge on any atom is -0.508 e. The molecule has 1 fully saturated rings. The fourth-order valence-electron chi connectivity index (χ4n) is 4.26. The van der Waals surface area contributed by atoms with Gasteiger partial charge in [0.2, 0.25) is 5.91 Å². The number of nitrogens with one attached hydrogen (secondary N) is 1. The van der Waals surface area contributed by atoms with Crippen molar-refractivity contribution in [1.29, 1.82) is 0 Å². The van der Waals surface area contributed by atoms with Gasteiger partial charge in [-0.05, 0) is 61.1 Å². The molecule has 4 rings (SSSR count). The molecule has 0 saturated carbocycles. The lowest BCUT2D eigenvalue weighted by atomic mass is 9.82. The second-order valence-corrected chi connectivity index (χ2v) is 7.66. The number of nitrogens with zero attached hydrogens (tertiary/aromatic N) is 1. The molecule has 1 aliphatic carbocycles. The Hall–Kier alpha value is -2.86. The number of amides is 2. The van der Waals surface area contributed by atoms with E-state index in [1.807, 2.05) is 19.1 Å². The van der Waals surface area contributed by atoms with Gasteiger partial charge in [0.15, 0.2) is 0 Å². The summed E-state index contributed by atoms with van der Waals surface area (Å²) in [5.74, 6) is -0.177. The number of phenols is 1. The van der Waals surface area contributed by atoms with Gasteiger partial charge in [0.25, 0.3) is 5.91 Å². The van der Waals surface area contributed by atoms with E-state index in [0.717, 1.165) is 36.0 Å². The molecule has 152 valence electrons. The van der Waals surface area contributed by atoms with Crippen LogP contribution in [0.15, 0.2) is 36.4 Å². The highest BCUT2D eigenvalue weighted by molar-refractivity contribution is 6.01. The maximum absolute atomic E-state index is 13.1. The third-order valence-electron chi connectivity index (χ3n) is 5.92. The van der Waals surface area contributed by atoms with Crippen LogP contribution in [0.3, 0.4) is 0 Å². The van der Waals surface area contributed by atoms with Crippen LogP contribution in [0.4, 0.5) is 5.69 Å². The van der Waals surface area contributed by atoms with Crippen LogP contribution in [-0.2, 0) is 16.0 Å². The molecule has 6 heteroatoms. The van der Waals surface area contributed by atoms with Gasteiger partial charge >= 0.3 is 0 Å². The molecule has 0 aromatic heterocycles. The summed E-state index contributed by atoms with van der Waals surface area (Å²) in [6.07, 6.45) is 2.39. The number of hydrogen-bond donors (Lipinski definition) is 2. The van der Waals surface area contributed by atoms with Crippen molar-refractivity contribution in [3.05, 3.63) is 58.7 Å². The van der Waals surface area contributed by atoms with Crippen molar-refractivity contribution in [2.24, 2.45) is 0 Å². The summed E-state index contributed by atoms with van der Waals surface area (Å²) in [4.78, 5) is 27.8. The van der Waals surface area contributed by atoms with Crippen molar-refractivity contribution >= 4 is 17.5 Å². The molecule has 0 radical (unpaired) electrons. The van der Waals surface area contributed by atoms with Gasteiger partial charge < -0.3 is 20.1 Å². The van der Waals surface area contributed by atoms with E-state index in [2.05, 4.69) is 5.32 Å². The largest absolute Gasteiger partial charge is 0.508 e. The molecule has 1 atom stereocenters. The summed E-state index contributed by atoms with van der Waals surface area (Å²) in [6, 6.07) is 10.8. The van der Waals surface area contributed by atoms with Crippen molar-refractivity contribution in [3.8, 4) is 5.75 Å². The maximum Gasteiger partial charge on any atom is 0.254 e. The first-order valence-corrected chi connectivity index (χ1v) is 10.1. The molecule has 1 heterocycles. The molecule has 2 amide bonds. The van der Waals surface area contributed by atoms with Crippen molar-refractivity contribution < 1.29 is 19.4 Å². The second kappa shape index (κ2) is 8.25. The van der Waals surface area contributed by atoms with Crippen molar-refractivity contribution in [3.63, 3.8) is 0 Å². The highest BCUT2D eigenvalue weighted by Crippen LogP contribution is 2.37. The van der Waals surface area contributed by atoms with E-state index in [-0.39, 0.29) is 23.5 Å². The van der Waals surface area contributed by atoms with E-state index < -0.39 is 0 Å². The van der Waals surface area contributed by atoms with Gasteiger partial charge in [0.1, 0.15) is 5.75 Å². The van der Waals surface area contributed by atoms with E-state index in [9.17, 15) is 14.7 Å². The number of morpholine rings is 1. The first-order chi connectivity index (χ1) is 14.1. The standard InChI is InChI=1S/C23H26N2O4/c1-15-16(23(28)25-11-13-29-14-12-25)5-3-9-20(15)24-22(27)19-8-2-7-18-17(19)6-4-10-21(18)26/h3-6,9-10,19,26H,2,7-8,11-14H2,1H3,(H,24,27). The average molecular weight is 394 g/mol. The van der Waals surface area contributed by atoms with Gasteiger partial charge in [0, 0.05) is 24.3 Å². The van der Waals surface area contributed by atoms with E-state index in [1.165, 1.54) is 0 Å². The SMILES string of the molecule is Cc1c(NC(=O)C2CCCc3c(O)cccc32)cccc1C(=O)N1CCOCC1. The minimum absolute atomic E-state index is 0.0326. The predicted molar refractivity (Wildman–Crippen MR) is 110 cm³/mol. The van der Waals surface area contributed by atoms with Gasteiger partial charge in [0.05, 0.1) is 19.1 Å². The molecule has 2 N–H and O–H groups in total. The second-order valence-electron chi connectivity index (χ2n) is 7.66. The number of carbonyl (C=O) groups is 2. The van der Waals surface area contributed by atoms with Crippen LogP contribution in [-0.4, -0.2) is 48.1 Å². The molecule has 0 bridgehead atoms. The zero-order chi connectivity index (χ0) is 20.4. The number of carbonyl (C=O) groups excluding carboxylic acids is 2. The zero-order valence-electron chi connectivity index (χ0n) is 16.6. The van der Waals surface area contributed by atoms with Crippen LogP contribution >= 0.6 is 0 Å². The van der Waals surface area contributed by atoms with Crippen LogP contribution in [0.5, 0.6) is 5.75 Å². The quantitative estimate of drug-likeness (QED) is 0.838. The molecule has 2 aromatic rings. The highest BCUT2D eigenvalue weighted by atomic mass is 16.5. The third-order valence-corrected chi connectivity index (χ3v) is 5.92. The molecule has 2 aliphatic rings. The minimum atomic E-state index is -0.302. The molecule has 6 nitrogen and oxygen atoms in total. The molecule has 2 aromatic carbocycles. The number of aromatic hydroxyl groups is 1. The van der Waals surface area contributed by atoms with Gasteiger partial charge in [-0.1, -0.05) is 18.2 Å². The summed E-state index contributed by atoms with van der Waals surface area (Å²) in [7, 11) is 0. The Kier molecular flexibility index (Phi) is 5.53. The number of phenolic OH excluding ortho intramolecular Hbond substituents is 1.